The van der Waals surface area contributed by atoms with Gasteiger partial charge in [0.05, 0.1) is 12.8 Å². The maximum atomic E-state index is 13.9. The number of piperazine rings is 1. The Kier molecular flexibility index (Phi) is 5.40. The van der Waals surface area contributed by atoms with Crippen LogP contribution >= 0.6 is 0 Å². The third-order valence-electron chi connectivity index (χ3n) is 5.06. The first-order valence-electron chi connectivity index (χ1n) is 8.71. The van der Waals surface area contributed by atoms with Crippen LogP contribution in [0.3, 0.4) is 0 Å². The van der Waals surface area contributed by atoms with Gasteiger partial charge in [-0.15, -0.1) is 0 Å². The second-order valence-electron chi connectivity index (χ2n) is 6.50. The van der Waals surface area contributed by atoms with Crippen LogP contribution in [0.2, 0.25) is 0 Å². The molecule has 25 heavy (non-hydrogen) atoms. The zero-order chi connectivity index (χ0) is 17.8. The van der Waals surface area contributed by atoms with Crippen LogP contribution in [0.1, 0.15) is 12.8 Å². The fourth-order valence-electron chi connectivity index (χ4n) is 3.57. The summed E-state index contributed by atoms with van der Waals surface area (Å²) < 4.78 is 18.6. The molecular formula is C18H24FN3O3. The SMILES string of the molecule is COC(=O)N1CCC(C(=O)N2CCN(c3ccccc3F)CC2)CC1. The monoisotopic (exact) mass is 349 g/mol. The van der Waals surface area contributed by atoms with Crippen molar-refractivity contribution in [1.82, 2.24) is 9.80 Å². The molecule has 0 N–H and O–H groups in total. The van der Waals surface area contributed by atoms with Gasteiger partial charge in [-0.3, -0.25) is 4.79 Å². The molecule has 0 aromatic heterocycles. The van der Waals surface area contributed by atoms with Crippen molar-refractivity contribution in [1.29, 1.82) is 0 Å². The summed E-state index contributed by atoms with van der Waals surface area (Å²) in [6.07, 6.45) is 1.01. The number of nitrogens with zero attached hydrogens (tertiary/aromatic N) is 3. The molecule has 1 aromatic carbocycles. The molecular weight excluding hydrogens is 325 g/mol. The fourth-order valence-corrected chi connectivity index (χ4v) is 3.57. The normalized spacial score (nSPS) is 19.0. The molecule has 0 bridgehead atoms. The lowest BCUT2D eigenvalue weighted by Crippen LogP contribution is -2.52. The first-order chi connectivity index (χ1) is 12.1. The minimum atomic E-state index is -0.329. The summed E-state index contributed by atoms with van der Waals surface area (Å²) in [5.74, 6) is -0.115. The van der Waals surface area contributed by atoms with Gasteiger partial charge in [-0.25, -0.2) is 9.18 Å². The van der Waals surface area contributed by atoms with Gasteiger partial charge in [0, 0.05) is 45.2 Å². The summed E-state index contributed by atoms with van der Waals surface area (Å²) in [5.41, 5.74) is 0.598. The highest BCUT2D eigenvalue weighted by Crippen LogP contribution is 2.23. The molecule has 0 spiro atoms. The second kappa shape index (κ2) is 7.72. The Hall–Kier alpha value is -2.31. The van der Waals surface area contributed by atoms with Crippen molar-refractivity contribution >= 4 is 17.7 Å². The van der Waals surface area contributed by atoms with E-state index in [2.05, 4.69) is 0 Å². The number of rotatable bonds is 2. The summed E-state index contributed by atoms with van der Waals surface area (Å²) >= 11 is 0. The molecule has 2 aliphatic heterocycles. The van der Waals surface area contributed by atoms with Crippen molar-refractivity contribution in [2.75, 3.05) is 51.3 Å². The Morgan fingerprint density at radius 1 is 1.00 bits per heavy atom. The van der Waals surface area contributed by atoms with Crippen molar-refractivity contribution in [2.24, 2.45) is 5.92 Å². The lowest BCUT2D eigenvalue weighted by Gasteiger charge is -2.39. The molecule has 2 aliphatic rings. The lowest BCUT2D eigenvalue weighted by molar-refractivity contribution is -0.137. The van der Waals surface area contributed by atoms with Crippen LogP contribution in [0.5, 0.6) is 0 Å². The molecule has 7 heteroatoms. The van der Waals surface area contributed by atoms with Crippen LogP contribution in [0.25, 0.3) is 0 Å². The van der Waals surface area contributed by atoms with E-state index in [0.29, 0.717) is 57.8 Å². The number of carbonyl (C=O) groups is 2. The Balaban J connectivity index is 1.51. The van der Waals surface area contributed by atoms with E-state index in [0.717, 1.165) is 0 Å². The molecule has 1 aromatic rings. The largest absolute Gasteiger partial charge is 0.453 e. The Labute approximate surface area is 147 Å². The average Bonchev–Trinajstić information content (AvgIpc) is 2.67. The molecule has 0 unspecified atom stereocenters. The van der Waals surface area contributed by atoms with E-state index in [9.17, 15) is 14.0 Å². The van der Waals surface area contributed by atoms with Crippen molar-refractivity contribution in [3.05, 3.63) is 30.1 Å². The second-order valence-corrected chi connectivity index (χ2v) is 6.50. The predicted molar refractivity (Wildman–Crippen MR) is 91.9 cm³/mol. The zero-order valence-electron chi connectivity index (χ0n) is 14.5. The van der Waals surface area contributed by atoms with Gasteiger partial charge in [-0.05, 0) is 25.0 Å². The van der Waals surface area contributed by atoms with Gasteiger partial charge in [0.1, 0.15) is 5.82 Å². The average molecular weight is 349 g/mol. The number of amides is 2. The molecule has 6 nitrogen and oxygen atoms in total. The number of likely N-dealkylation sites (tertiary alicyclic amines) is 1. The molecule has 2 heterocycles. The van der Waals surface area contributed by atoms with Crippen molar-refractivity contribution in [3.8, 4) is 0 Å². The van der Waals surface area contributed by atoms with Crippen molar-refractivity contribution in [2.45, 2.75) is 12.8 Å². The molecule has 2 amide bonds. The lowest BCUT2D eigenvalue weighted by atomic mass is 9.95. The maximum absolute atomic E-state index is 13.9. The van der Waals surface area contributed by atoms with E-state index < -0.39 is 0 Å². The van der Waals surface area contributed by atoms with E-state index >= 15 is 0 Å². The van der Waals surface area contributed by atoms with E-state index in [1.807, 2.05) is 15.9 Å². The smallest absolute Gasteiger partial charge is 0.409 e. The molecule has 0 saturated carbocycles. The predicted octanol–water partition coefficient (Wildman–Crippen LogP) is 1.95. The minimum absolute atomic E-state index is 0.0408. The maximum Gasteiger partial charge on any atom is 0.409 e. The van der Waals surface area contributed by atoms with Crippen molar-refractivity contribution in [3.63, 3.8) is 0 Å². The molecule has 0 aliphatic carbocycles. The number of carbonyl (C=O) groups excluding carboxylic acids is 2. The van der Waals surface area contributed by atoms with E-state index in [-0.39, 0.29) is 23.7 Å². The Morgan fingerprint density at radius 2 is 1.64 bits per heavy atom. The molecule has 0 radical (unpaired) electrons. The summed E-state index contributed by atoms with van der Waals surface area (Å²) in [6, 6.07) is 6.74. The van der Waals surface area contributed by atoms with Crippen LogP contribution in [0.15, 0.2) is 24.3 Å². The number of benzene rings is 1. The fraction of sp³-hybridized carbons (Fsp3) is 0.556. The summed E-state index contributed by atoms with van der Waals surface area (Å²) in [4.78, 5) is 29.7. The van der Waals surface area contributed by atoms with Gasteiger partial charge in [-0.2, -0.15) is 0 Å². The number of methoxy groups -OCH3 is 1. The third kappa shape index (κ3) is 3.86. The van der Waals surface area contributed by atoms with Gasteiger partial charge < -0.3 is 19.4 Å². The molecule has 2 fully saturated rings. The molecule has 2 saturated heterocycles. The number of hydrogen-bond acceptors (Lipinski definition) is 4. The van der Waals surface area contributed by atoms with Gasteiger partial charge in [0.2, 0.25) is 5.91 Å². The van der Waals surface area contributed by atoms with Gasteiger partial charge >= 0.3 is 6.09 Å². The highest BCUT2D eigenvalue weighted by molar-refractivity contribution is 5.79. The first-order valence-corrected chi connectivity index (χ1v) is 8.71. The third-order valence-corrected chi connectivity index (χ3v) is 5.06. The van der Waals surface area contributed by atoms with E-state index in [1.54, 1.807) is 17.0 Å². The van der Waals surface area contributed by atoms with Crippen LogP contribution < -0.4 is 4.90 Å². The first kappa shape index (κ1) is 17.5. The molecule has 3 rings (SSSR count). The quantitative estimate of drug-likeness (QED) is 0.819. The number of hydrogen-bond donors (Lipinski definition) is 0. The molecule has 0 atom stereocenters. The van der Waals surface area contributed by atoms with Crippen LogP contribution in [-0.2, 0) is 9.53 Å². The summed E-state index contributed by atoms with van der Waals surface area (Å²) in [7, 11) is 1.37. The topological polar surface area (TPSA) is 53.1 Å². The standard InChI is InChI=1S/C18H24FN3O3/c1-25-18(24)22-8-6-14(7-9-22)17(23)21-12-10-20(11-13-21)16-5-3-2-4-15(16)19/h2-5,14H,6-13H2,1H3. The van der Waals surface area contributed by atoms with Crippen LogP contribution in [-0.4, -0.2) is 68.2 Å². The van der Waals surface area contributed by atoms with E-state index in [4.69, 9.17) is 4.74 Å². The van der Waals surface area contributed by atoms with Crippen molar-refractivity contribution < 1.29 is 18.7 Å². The van der Waals surface area contributed by atoms with Gasteiger partial charge in [0.15, 0.2) is 0 Å². The van der Waals surface area contributed by atoms with Gasteiger partial charge in [-0.1, -0.05) is 12.1 Å². The highest BCUT2D eigenvalue weighted by atomic mass is 19.1. The van der Waals surface area contributed by atoms with Gasteiger partial charge in [0.25, 0.3) is 0 Å². The Bertz CT molecular complexity index is 624. The number of anilines is 1. The number of piperidine rings is 1. The van der Waals surface area contributed by atoms with Crippen LogP contribution in [0.4, 0.5) is 14.9 Å². The summed E-state index contributed by atoms with van der Waals surface area (Å²) in [5, 5.41) is 0. The Morgan fingerprint density at radius 3 is 2.24 bits per heavy atom. The molecule has 136 valence electrons. The highest BCUT2D eigenvalue weighted by Gasteiger charge is 2.32. The number of halogens is 1. The summed E-state index contributed by atoms with van der Waals surface area (Å²) in [6.45, 7) is 3.58. The van der Waals surface area contributed by atoms with Crippen LogP contribution in [0, 0.1) is 11.7 Å². The van der Waals surface area contributed by atoms with E-state index in [1.165, 1.54) is 13.2 Å². The minimum Gasteiger partial charge on any atom is -0.453 e. The number of ether oxygens (including phenoxy) is 1. The zero-order valence-corrected chi connectivity index (χ0v) is 14.5. The number of para-hydroxylation sites is 1.